The van der Waals surface area contributed by atoms with E-state index in [1.807, 2.05) is 0 Å². The average Bonchev–Trinajstić information content (AvgIpc) is 2.22. The molecule has 0 spiro atoms. The normalized spacial score (nSPS) is 12.8. The minimum absolute atomic E-state index is 0.0340. The summed E-state index contributed by atoms with van der Waals surface area (Å²) in [5.41, 5.74) is -0.150. The lowest BCUT2D eigenvalue weighted by Crippen LogP contribution is -2.39. The average molecular weight is 247 g/mol. The van der Waals surface area contributed by atoms with Gasteiger partial charge in [-0.25, -0.2) is 0 Å². The summed E-state index contributed by atoms with van der Waals surface area (Å²) in [6.45, 7) is -0.00613. The van der Waals surface area contributed by atoms with Gasteiger partial charge in [-0.05, 0) is 6.92 Å². The minimum Gasteiger partial charge on any atom is -0.480 e. The summed E-state index contributed by atoms with van der Waals surface area (Å²) in [4.78, 5) is 22.0. The van der Waals surface area contributed by atoms with Crippen molar-refractivity contribution in [2.75, 3.05) is 19.6 Å². The first-order valence-corrected chi connectivity index (χ1v) is 4.46. The molecule has 96 valence electrons. The van der Waals surface area contributed by atoms with Crippen LogP contribution in [0.2, 0.25) is 0 Å². The van der Waals surface area contributed by atoms with E-state index in [2.05, 4.69) is 10.3 Å². The summed E-state index contributed by atoms with van der Waals surface area (Å²) in [5, 5.41) is 39.8. The zero-order valence-electron chi connectivity index (χ0n) is 9.07. The van der Waals surface area contributed by atoms with Crippen LogP contribution in [0.3, 0.4) is 0 Å². The van der Waals surface area contributed by atoms with Gasteiger partial charge in [0.2, 0.25) is 0 Å². The van der Waals surface area contributed by atoms with Crippen LogP contribution >= 0.6 is 0 Å². The first-order chi connectivity index (χ1) is 7.90. The molecule has 0 aliphatic carbocycles. The Balaban J connectivity index is 4.71. The van der Waals surface area contributed by atoms with Crippen LogP contribution in [0.4, 0.5) is 0 Å². The summed E-state index contributed by atoms with van der Waals surface area (Å²) < 4.78 is 0. The molecule has 9 nitrogen and oxygen atoms in total. The van der Waals surface area contributed by atoms with E-state index in [1.165, 1.54) is 6.92 Å². The number of oxime groups is 2. The highest BCUT2D eigenvalue weighted by Gasteiger charge is 2.17. The topological polar surface area (TPSA) is 143 Å². The van der Waals surface area contributed by atoms with E-state index < -0.39 is 25.0 Å². The van der Waals surface area contributed by atoms with Gasteiger partial charge in [-0.15, -0.1) is 0 Å². The Bertz CT molecular complexity index is 335. The van der Waals surface area contributed by atoms with Crippen molar-refractivity contribution >= 4 is 23.4 Å². The Morgan fingerprint density at radius 1 is 1.00 bits per heavy atom. The van der Waals surface area contributed by atoms with Crippen LogP contribution in [0.1, 0.15) is 6.92 Å². The van der Waals surface area contributed by atoms with Crippen molar-refractivity contribution in [1.82, 2.24) is 4.90 Å². The zero-order chi connectivity index (χ0) is 13.4. The van der Waals surface area contributed by atoms with Crippen molar-refractivity contribution in [3.63, 3.8) is 0 Å². The number of hydrogen-bond acceptors (Lipinski definition) is 7. The Kier molecular flexibility index (Phi) is 6.26. The molecule has 0 aliphatic heterocycles. The van der Waals surface area contributed by atoms with Crippen molar-refractivity contribution in [1.29, 1.82) is 0 Å². The second-order valence-electron chi connectivity index (χ2n) is 3.16. The summed E-state index contributed by atoms with van der Waals surface area (Å²) >= 11 is 0. The van der Waals surface area contributed by atoms with Gasteiger partial charge < -0.3 is 20.6 Å². The first-order valence-electron chi connectivity index (χ1n) is 4.46. The second kappa shape index (κ2) is 7.17. The van der Waals surface area contributed by atoms with E-state index in [1.54, 1.807) is 0 Å². The summed E-state index contributed by atoms with van der Waals surface area (Å²) in [7, 11) is 0. The quantitative estimate of drug-likeness (QED) is 0.260. The number of aliphatic carboxylic acids is 2. The van der Waals surface area contributed by atoms with Crippen molar-refractivity contribution < 1.29 is 30.2 Å². The minimum atomic E-state index is -1.22. The van der Waals surface area contributed by atoms with Gasteiger partial charge >= 0.3 is 11.9 Å². The summed E-state index contributed by atoms with van der Waals surface area (Å²) in [5.74, 6) is -2.44. The highest BCUT2D eigenvalue weighted by atomic mass is 16.4. The van der Waals surface area contributed by atoms with Gasteiger partial charge in [0, 0.05) is 6.54 Å². The smallest absolute Gasteiger partial charge is 0.317 e. The maximum Gasteiger partial charge on any atom is 0.317 e. The van der Waals surface area contributed by atoms with Gasteiger partial charge in [-0.2, -0.15) is 0 Å². The van der Waals surface area contributed by atoms with Gasteiger partial charge in [0.1, 0.15) is 11.4 Å². The fourth-order valence-corrected chi connectivity index (χ4v) is 1.04. The number of carboxylic acid groups (broad SMARTS) is 2. The number of nitrogens with zero attached hydrogens (tertiary/aromatic N) is 3. The molecular formula is C8H13N3O6. The Morgan fingerprint density at radius 2 is 1.47 bits per heavy atom. The summed E-state index contributed by atoms with van der Waals surface area (Å²) in [6.07, 6.45) is 0. The van der Waals surface area contributed by atoms with E-state index in [9.17, 15) is 9.59 Å². The third-order valence-electron chi connectivity index (χ3n) is 1.78. The molecule has 17 heavy (non-hydrogen) atoms. The molecule has 0 rings (SSSR count). The van der Waals surface area contributed by atoms with Gasteiger partial charge in [0.25, 0.3) is 0 Å². The fraction of sp³-hybridized carbons (Fsp3) is 0.500. The molecule has 0 heterocycles. The highest BCUT2D eigenvalue weighted by molar-refractivity contribution is 6.42. The lowest BCUT2D eigenvalue weighted by Gasteiger charge is -2.17. The Morgan fingerprint density at radius 3 is 1.76 bits per heavy atom. The van der Waals surface area contributed by atoms with Gasteiger partial charge in [-0.1, -0.05) is 10.3 Å². The number of hydrogen-bond donors (Lipinski definition) is 4. The van der Waals surface area contributed by atoms with Crippen LogP contribution in [0, 0.1) is 0 Å². The largest absolute Gasteiger partial charge is 0.480 e. The van der Waals surface area contributed by atoms with Gasteiger partial charge in [0.15, 0.2) is 0 Å². The van der Waals surface area contributed by atoms with E-state index in [-0.39, 0.29) is 18.0 Å². The Hall–Kier alpha value is -2.16. The van der Waals surface area contributed by atoms with Crippen LogP contribution < -0.4 is 0 Å². The molecule has 0 saturated heterocycles. The molecule has 0 unspecified atom stereocenters. The molecule has 0 bridgehead atoms. The van der Waals surface area contributed by atoms with Crippen molar-refractivity contribution in [2.24, 2.45) is 10.3 Å². The molecule has 0 aliphatic rings. The van der Waals surface area contributed by atoms with Crippen LogP contribution in [-0.2, 0) is 9.59 Å². The van der Waals surface area contributed by atoms with Crippen molar-refractivity contribution in [3.05, 3.63) is 0 Å². The third-order valence-corrected chi connectivity index (χ3v) is 1.78. The maximum absolute atomic E-state index is 10.5. The molecule has 0 amide bonds. The highest BCUT2D eigenvalue weighted by Crippen LogP contribution is 1.93. The van der Waals surface area contributed by atoms with E-state index in [4.69, 9.17) is 20.6 Å². The molecule has 0 fully saturated rings. The first kappa shape index (κ1) is 14.8. The predicted octanol–water partition coefficient (Wildman–Crippen LogP) is -0.862. The predicted molar refractivity (Wildman–Crippen MR) is 55.8 cm³/mol. The molecule has 0 radical (unpaired) electrons. The molecule has 9 heteroatoms. The fourth-order valence-electron chi connectivity index (χ4n) is 1.04. The molecule has 0 aromatic carbocycles. The lowest BCUT2D eigenvalue weighted by atomic mass is 10.2. The van der Waals surface area contributed by atoms with E-state index in [0.717, 1.165) is 4.90 Å². The third kappa shape index (κ3) is 6.10. The second-order valence-corrected chi connectivity index (χ2v) is 3.16. The molecule has 0 aromatic heterocycles. The monoisotopic (exact) mass is 247 g/mol. The number of carbonyl (C=O) groups is 2. The van der Waals surface area contributed by atoms with Crippen LogP contribution in [-0.4, -0.2) is 68.5 Å². The van der Waals surface area contributed by atoms with Gasteiger partial charge in [0.05, 0.1) is 13.1 Å². The Labute approximate surface area is 96.3 Å². The van der Waals surface area contributed by atoms with Crippen LogP contribution in [0.5, 0.6) is 0 Å². The zero-order valence-corrected chi connectivity index (χ0v) is 9.07. The van der Waals surface area contributed by atoms with Crippen molar-refractivity contribution in [3.8, 4) is 0 Å². The maximum atomic E-state index is 10.5. The van der Waals surface area contributed by atoms with Crippen molar-refractivity contribution in [2.45, 2.75) is 6.92 Å². The van der Waals surface area contributed by atoms with Gasteiger partial charge in [-0.3, -0.25) is 14.5 Å². The molecule has 0 aromatic rings. The van der Waals surface area contributed by atoms with Crippen LogP contribution in [0.25, 0.3) is 0 Å². The summed E-state index contributed by atoms with van der Waals surface area (Å²) in [6, 6.07) is 0. The van der Waals surface area contributed by atoms with E-state index in [0.29, 0.717) is 0 Å². The molecular weight excluding hydrogens is 234 g/mol. The van der Waals surface area contributed by atoms with Crippen LogP contribution in [0.15, 0.2) is 10.3 Å². The lowest BCUT2D eigenvalue weighted by molar-refractivity contribution is -0.141. The standard InChI is InChI=1S/C8H13N3O6/c1-5(9-16)6(10-17)2-11(3-7(12)13)4-8(14)15/h16-17H,2-4H2,1H3,(H,12,13)(H,14,15)/b9-5+,10-6+. The SMILES string of the molecule is CC(=N\O)/C(CN(CC(=O)O)CC(=O)O)=N/O. The molecule has 0 saturated carbocycles. The molecule has 0 atom stereocenters. The number of rotatable bonds is 7. The van der Waals surface area contributed by atoms with E-state index >= 15 is 0 Å². The number of carboxylic acids is 2. The molecule has 4 N–H and O–H groups in total.